The first-order valence-electron chi connectivity index (χ1n) is 11.3. The summed E-state index contributed by atoms with van der Waals surface area (Å²) in [4.78, 5) is 0. The molecule has 3 heteroatoms. The molecule has 0 saturated carbocycles. The summed E-state index contributed by atoms with van der Waals surface area (Å²) in [6.07, 6.45) is 2.24. The van der Waals surface area contributed by atoms with Crippen molar-refractivity contribution >= 4 is 43.6 Å². The van der Waals surface area contributed by atoms with E-state index in [1.165, 1.54) is 49.5 Å². The molecule has 0 atom stereocenters. The quantitative estimate of drug-likeness (QED) is 0.203. The van der Waals surface area contributed by atoms with Gasteiger partial charge >= 0.3 is 191 Å². The molecular formula is C29H24GeNO+. The van der Waals surface area contributed by atoms with Crippen LogP contribution in [0.5, 0.6) is 11.5 Å². The molecule has 5 aromatic rings. The van der Waals surface area contributed by atoms with Gasteiger partial charge in [0.25, 0.3) is 0 Å². The molecule has 4 aromatic carbocycles. The van der Waals surface area contributed by atoms with Gasteiger partial charge in [-0.25, -0.2) is 0 Å². The van der Waals surface area contributed by atoms with Gasteiger partial charge in [-0.15, -0.1) is 0 Å². The third-order valence-corrected chi connectivity index (χ3v) is 15.1. The normalized spacial score (nSPS) is 14.8. The molecule has 2 aliphatic heterocycles. The average Bonchev–Trinajstić information content (AvgIpc) is 3.02. The molecule has 0 aliphatic carbocycles. The van der Waals surface area contributed by atoms with Gasteiger partial charge in [0, 0.05) is 0 Å². The standard InChI is InChI=1S/C29H24GeNO/c1-17-19-10-6-5-9-18(19)15-24-26(17)29-27-21(13-14-31(29)4)28-22(16-25(27)32-24)20-11-7-8-12-23(20)30(28,2)3/h5-16H,1-4H3/q+1. The summed E-state index contributed by atoms with van der Waals surface area (Å²) in [7, 11) is 2.16. The van der Waals surface area contributed by atoms with E-state index in [4.69, 9.17) is 4.74 Å². The van der Waals surface area contributed by atoms with Crippen LogP contribution in [0.3, 0.4) is 0 Å². The molecule has 2 aliphatic rings. The van der Waals surface area contributed by atoms with E-state index >= 15 is 0 Å². The molecule has 0 radical (unpaired) electrons. The van der Waals surface area contributed by atoms with Gasteiger partial charge in [0.15, 0.2) is 0 Å². The zero-order chi connectivity index (χ0) is 21.8. The van der Waals surface area contributed by atoms with Crippen molar-refractivity contribution in [2.45, 2.75) is 18.4 Å². The molecule has 0 bridgehead atoms. The van der Waals surface area contributed by atoms with Crippen LogP contribution in [0.15, 0.2) is 72.9 Å². The van der Waals surface area contributed by atoms with Crippen LogP contribution >= 0.6 is 0 Å². The van der Waals surface area contributed by atoms with Crippen LogP contribution in [-0.2, 0) is 7.05 Å². The van der Waals surface area contributed by atoms with E-state index < -0.39 is 13.3 Å². The molecule has 154 valence electrons. The Hall–Kier alpha value is -3.11. The molecular weight excluding hydrogens is 451 g/mol. The first-order valence-corrected chi connectivity index (χ1v) is 17.6. The third-order valence-electron chi connectivity index (χ3n) is 7.63. The number of ether oxygens (including phenoxy) is 1. The Balaban J connectivity index is 1.66. The van der Waals surface area contributed by atoms with Gasteiger partial charge in [0.05, 0.1) is 0 Å². The summed E-state index contributed by atoms with van der Waals surface area (Å²) in [5, 5.41) is 5.17. The predicted octanol–water partition coefficient (Wildman–Crippen LogP) is 5.70. The summed E-state index contributed by atoms with van der Waals surface area (Å²) in [5.41, 5.74) is 6.58. The van der Waals surface area contributed by atoms with Crippen LogP contribution in [0.4, 0.5) is 0 Å². The zero-order valence-electron chi connectivity index (χ0n) is 18.8. The van der Waals surface area contributed by atoms with Crippen molar-refractivity contribution in [3.05, 3.63) is 78.5 Å². The molecule has 3 heterocycles. The van der Waals surface area contributed by atoms with Crippen LogP contribution in [0, 0.1) is 6.92 Å². The monoisotopic (exact) mass is 476 g/mol. The second-order valence-corrected chi connectivity index (χ2v) is 18.7. The summed E-state index contributed by atoms with van der Waals surface area (Å²) in [5.74, 6) is 7.02. The molecule has 0 N–H and O–H groups in total. The molecule has 7 rings (SSSR count). The van der Waals surface area contributed by atoms with E-state index in [2.05, 4.69) is 103 Å². The van der Waals surface area contributed by atoms with Crippen LogP contribution < -0.4 is 18.1 Å². The number of benzene rings is 4. The van der Waals surface area contributed by atoms with Crippen LogP contribution in [0.2, 0.25) is 11.5 Å². The van der Waals surface area contributed by atoms with E-state index in [9.17, 15) is 0 Å². The number of fused-ring (bicyclic) bond motifs is 7. The summed E-state index contributed by atoms with van der Waals surface area (Å²) in [6, 6.07) is 24.5. The SMILES string of the molecule is Cc1c2c(cc3ccccc13)Oc1cc3[c](c4cc[n+](C)c-2c14)[Ge]([CH3])([CH3])[c]1ccccc1-3. The van der Waals surface area contributed by atoms with Crippen molar-refractivity contribution in [3.63, 3.8) is 0 Å². The van der Waals surface area contributed by atoms with Crippen molar-refractivity contribution in [3.8, 4) is 33.9 Å². The molecule has 0 unspecified atom stereocenters. The zero-order valence-corrected chi connectivity index (χ0v) is 20.9. The predicted molar refractivity (Wildman–Crippen MR) is 135 cm³/mol. The Bertz CT molecular complexity index is 1650. The Kier molecular flexibility index (Phi) is 3.47. The molecule has 0 spiro atoms. The molecule has 2 nitrogen and oxygen atoms in total. The maximum atomic E-state index is 6.71. The molecule has 0 fully saturated rings. The van der Waals surface area contributed by atoms with Crippen molar-refractivity contribution in [1.29, 1.82) is 0 Å². The van der Waals surface area contributed by atoms with Gasteiger partial charge in [-0.2, -0.15) is 0 Å². The minimum absolute atomic E-state index is 0.962. The molecule has 0 amide bonds. The van der Waals surface area contributed by atoms with Gasteiger partial charge in [-0.1, -0.05) is 0 Å². The number of aryl methyl sites for hydroxylation is 2. The van der Waals surface area contributed by atoms with Gasteiger partial charge in [-0.05, 0) is 0 Å². The van der Waals surface area contributed by atoms with Crippen molar-refractivity contribution in [2.75, 3.05) is 0 Å². The Morgan fingerprint density at radius 2 is 1.59 bits per heavy atom. The Morgan fingerprint density at radius 1 is 0.812 bits per heavy atom. The number of pyridine rings is 1. The second kappa shape index (κ2) is 6.02. The second-order valence-electron chi connectivity index (χ2n) is 9.73. The van der Waals surface area contributed by atoms with E-state index in [0.717, 1.165) is 11.5 Å². The topological polar surface area (TPSA) is 13.1 Å². The number of nitrogens with zero attached hydrogens (tertiary/aromatic N) is 1. The average molecular weight is 475 g/mol. The minimum atomic E-state index is -2.43. The van der Waals surface area contributed by atoms with E-state index in [1.54, 1.807) is 8.79 Å². The number of rotatable bonds is 0. The fourth-order valence-electron chi connectivity index (χ4n) is 6.18. The van der Waals surface area contributed by atoms with Crippen molar-refractivity contribution < 1.29 is 9.30 Å². The summed E-state index contributed by atoms with van der Waals surface area (Å²) < 4.78 is 12.2. The van der Waals surface area contributed by atoms with Crippen LogP contribution in [0.25, 0.3) is 43.9 Å². The van der Waals surface area contributed by atoms with E-state index in [-0.39, 0.29) is 0 Å². The number of hydrogen-bond acceptors (Lipinski definition) is 1. The first kappa shape index (κ1) is 18.5. The fourth-order valence-corrected chi connectivity index (χ4v) is 13.4. The van der Waals surface area contributed by atoms with Crippen LogP contribution in [0.1, 0.15) is 5.56 Å². The molecule has 1 aromatic heterocycles. The van der Waals surface area contributed by atoms with Gasteiger partial charge in [-0.3, -0.25) is 0 Å². The van der Waals surface area contributed by atoms with Gasteiger partial charge < -0.3 is 0 Å². The van der Waals surface area contributed by atoms with Gasteiger partial charge in [0.2, 0.25) is 0 Å². The van der Waals surface area contributed by atoms with Crippen molar-refractivity contribution in [2.24, 2.45) is 7.05 Å². The van der Waals surface area contributed by atoms with Crippen molar-refractivity contribution in [1.82, 2.24) is 0 Å². The molecule has 0 saturated heterocycles. The summed E-state index contributed by atoms with van der Waals surface area (Å²) in [6.45, 7) is 2.24. The Morgan fingerprint density at radius 3 is 2.47 bits per heavy atom. The third kappa shape index (κ3) is 2.14. The maximum absolute atomic E-state index is 6.71. The number of hydrogen-bond donors (Lipinski definition) is 0. The van der Waals surface area contributed by atoms with E-state index in [0.29, 0.717) is 0 Å². The first-order chi connectivity index (χ1) is 15.5. The summed E-state index contributed by atoms with van der Waals surface area (Å²) >= 11 is -2.43. The van der Waals surface area contributed by atoms with E-state index in [1.807, 2.05) is 0 Å². The number of aromatic nitrogens is 1. The Labute approximate surface area is 190 Å². The van der Waals surface area contributed by atoms with Gasteiger partial charge in [0.1, 0.15) is 0 Å². The fraction of sp³-hybridized carbons (Fsp3) is 0.138. The molecule has 32 heavy (non-hydrogen) atoms. The van der Waals surface area contributed by atoms with Crippen LogP contribution in [-0.4, -0.2) is 13.3 Å².